The predicted octanol–water partition coefficient (Wildman–Crippen LogP) is 2.35. The molecule has 2 N–H and O–H groups in total. The summed E-state index contributed by atoms with van der Waals surface area (Å²) in [5, 5.41) is 22.3. The van der Waals surface area contributed by atoms with Gasteiger partial charge in [0.1, 0.15) is 6.33 Å². The molecule has 0 saturated heterocycles. The summed E-state index contributed by atoms with van der Waals surface area (Å²) in [6.45, 7) is 1.73. The molecule has 0 saturated carbocycles. The standard InChI is InChI=1S/C15H10F3N5O2/c1-7-4-8(2-3-11(7)23-6-19-21-22-23)20-15(25)9-5-10(16)13(18)14(24)12(9)17/h2-6,24H,1H3,(H,20,25). The van der Waals surface area contributed by atoms with Crippen LogP contribution in [-0.2, 0) is 0 Å². The number of aromatic hydroxyl groups is 1. The SMILES string of the molecule is Cc1cc(NC(=O)c2cc(F)c(F)c(O)c2F)ccc1-n1cnnn1. The van der Waals surface area contributed by atoms with Gasteiger partial charge >= 0.3 is 0 Å². The minimum atomic E-state index is -1.75. The molecule has 0 bridgehead atoms. The van der Waals surface area contributed by atoms with Crippen LogP contribution < -0.4 is 5.32 Å². The first kappa shape index (κ1) is 16.4. The average Bonchev–Trinajstić information content (AvgIpc) is 3.10. The fourth-order valence-electron chi connectivity index (χ4n) is 2.22. The second-order valence-electron chi connectivity index (χ2n) is 5.09. The number of phenolic OH excluding ortho intramolecular Hbond substituents is 1. The zero-order chi connectivity index (χ0) is 18.1. The summed E-state index contributed by atoms with van der Waals surface area (Å²) < 4.78 is 41.6. The number of carbonyl (C=O) groups is 1. The number of aryl methyl sites for hydroxylation is 1. The third-order valence-corrected chi connectivity index (χ3v) is 3.43. The van der Waals surface area contributed by atoms with Crippen LogP contribution in [0.25, 0.3) is 5.69 Å². The van der Waals surface area contributed by atoms with Crippen molar-refractivity contribution in [1.29, 1.82) is 0 Å². The maximum absolute atomic E-state index is 13.8. The average molecular weight is 349 g/mol. The zero-order valence-corrected chi connectivity index (χ0v) is 12.7. The van der Waals surface area contributed by atoms with E-state index in [9.17, 15) is 23.1 Å². The minimum Gasteiger partial charge on any atom is -0.503 e. The van der Waals surface area contributed by atoms with Gasteiger partial charge in [0.05, 0.1) is 11.3 Å². The van der Waals surface area contributed by atoms with Gasteiger partial charge in [0.2, 0.25) is 5.82 Å². The van der Waals surface area contributed by atoms with Crippen molar-refractivity contribution in [3.63, 3.8) is 0 Å². The Kier molecular flexibility index (Phi) is 4.09. The molecule has 0 aliphatic rings. The van der Waals surface area contributed by atoms with Crippen LogP contribution in [0.4, 0.5) is 18.9 Å². The summed E-state index contributed by atoms with van der Waals surface area (Å²) in [5.41, 5.74) is 0.805. The fraction of sp³-hybridized carbons (Fsp3) is 0.0667. The van der Waals surface area contributed by atoms with Crippen molar-refractivity contribution in [3.05, 3.63) is 59.2 Å². The van der Waals surface area contributed by atoms with Crippen molar-refractivity contribution in [1.82, 2.24) is 20.2 Å². The Labute approximate surface area is 138 Å². The molecule has 1 amide bonds. The van der Waals surface area contributed by atoms with Crippen molar-refractivity contribution in [2.75, 3.05) is 5.32 Å². The molecule has 0 radical (unpaired) electrons. The molecule has 10 heteroatoms. The van der Waals surface area contributed by atoms with E-state index >= 15 is 0 Å². The van der Waals surface area contributed by atoms with Crippen LogP contribution in [0.1, 0.15) is 15.9 Å². The van der Waals surface area contributed by atoms with Crippen molar-refractivity contribution in [2.24, 2.45) is 0 Å². The number of anilines is 1. The molecule has 0 spiro atoms. The molecule has 7 nitrogen and oxygen atoms in total. The van der Waals surface area contributed by atoms with Crippen molar-refractivity contribution < 1.29 is 23.1 Å². The summed E-state index contributed by atoms with van der Waals surface area (Å²) in [6, 6.07) is 5.05. The molecule has 2 aromatic carbocycles. The first-order valence-corrected chi connectivity index (χ1v) is 6.90. The lowest BCUT2D eigenvalue weighted by molar-refractivity contribution is 0.102. The lowest BCUT2D eigenvalue weighted by Crippen LogP contribution is -2.15. The molecule has 0 fully saturated rings. The van der Waals surface area contributed by atoms with Crippen LogP contribution in [0.3, 0.4) is 0 Å². The second-order valence-corrected chi connectivity index (χ2v) is 5.09. The van der Waals surface area contributed by atoms with Crippen molar-refractivity contribution in [3.8, 4) is 11.4 Å². The molecule has 0 aliphatic heterocycles. The van der Waals surface area contributed by atoms with Gasteiger partial charge in [-0.1, -0.05) is 0 Å². The zero-order valence-electron chi connectivity index (χ0n) is 12.7. The molecule has 0 aliphatic carbocycles. The van der Waals surface area contributed by atoms with Crippen LogP contribution in [-0.4, -0.2) is 31.2 Å². The van der Waals surface area contributed by atoms with E-state index in [4.69, 9.17) is 0 Å². The topological polar surface area (TPSA) is 92.9 Å². The number of aromatic nitrogens is 4. The van der Waals surface area contributed by atoms with Gasteiger partial charge in [-0.2, -0.15) is 4.39 Å². The number of benzene rings is 2. The van der Waals surface area contributed by atoms with E-state index in [-0.39, 0.29) is 5.69 Å². The molecule has 3 aromatic rings. The number of hydrogen-bond donors (Lipinski definition) is 2. The van der Waals surface area contributed by atoms with Gasteiger partial charge in [-0.15, -0.1) is 5.10 Å². The van der Waals surface area contributed by atoms with E-state index in [0.717, 1.165) is 0 Å². The summed E-state index contributed by atoms with van der Waals surface area (Å²) in [5.74, 6) is -7.42. The van der Waals surface area contributed by atoms with Gasteiger partial charge < -0.3 is 10.4 Å². The smallest absolute Gasteiger partial charge is 0.258 e. The number of hydrogen-bond acceptors (Lipinski definition) is 5. The number of halogens is 3. The first-order valence-electron chi connectivity index (χ1n) is 6.90. The number of carbonyl (C=O) groups excluding carboxylic acids is 1. The lowest BCUT2D eigenvalue weighted by Gasteiger charge is -2.10. The highest BCUT2D eigenvalue weighted by Gasteiger charge is 2.22. The van der Waals surface area contributed by atoms with Crippen LogP contribution in [0.5, 0.6) is 5.75 Å². The maximum atomic E-state index is 13.8. The number of rotatable bonds is 3. The maximum Gasteiger partial charge on any atom is 0.258 e. The van der Waals surface area contributed by atoms with Crippen LogP contribution in [0.15, 0.2) is 30.6 Å². The number of nitrogens with one attached hydrogen (secondary N) is 1. The van der Waals surface area contributed by atoms with Crippen molar-refractivity contribution >= 4 is 11.6 Å². The van der Waals surface area contributed by atoms with Crippen LogP contribution >= 0.6 is 0 Å². The van der Waals surface area contributed by atoms with E-state index in [2.05, 4.69) is 20.8 Å². The van der Waals surface area contributed by atoms with Gasteiger partial charge in [0.15, 0.2) is 17.4 Å². The largest absolute Gasteiger partial charge is 0.503 e. The van der Waals surface area contributed by atoms with E-state index in [1.54, 1.807) is 19.1 Å². The van der Waals surface area contributed by atoms with E-state index in [1.165, 1.54) is 17.1 Å². The fourth-order valence-corrected chi connectivity index (χ4v) is 2.22. The number of nitrogens with zero attached hydrogens (tertiary/aromatic N) is 4. The van der Waals surface area contributed by atoms with E-state index in [0.29, 0.717) is 17.3 Å². The first-order chi connectivity index (χ1) is 11.9. The Balaban J connectivity index is 1.88. The second kappa shape index (κ2) is 6.23. The molecule has 3 rings (SSSR count). The molecule has 0 unspecified atom stereocenters. The molecule has 25 heavy (non-hydrogen) atoms. The van der Waals surface area contributed by atoms with E-state index in [1.807, 2.05) is 0 Å². The lowest BCUT2D eigenvalue weighted by atomic mass is 10.1. The summed E-state index contributed by atoms with van der Waals surface area (Å²) in [6.07, 6.45) is 1.39. The summed E-state index contributed by atoms with van der Waals surface area (Å²) in [4.78, 5) is 12.1. The highest BCUT2D eigenvalue weighted by Crippen LogP contribution is 2.27. The third kappa shape index (κ3) is 3.01. The molecule has 1 heterocycles. The normalized spacial score (nSPS) is 10.7. The number of tetrazole rings is 1. The Morgan fingerprint density at radius 3 is 2.60 bits per heavy atom. The van der Waals surface area contributed by atoms with Gasteiger partial charge in [-0.25, -0.2) is 13.5 Å². The third-order valence-electron chi connectivity index (χ3n) is 3.43. The van der Waals surface area contributed by atoms with E-state index < -0.39 is 34.7 Å². The molecule has 0 atom stereocenters. The van der Waals surface area contributed by atoms with Gasteiger partial charge in [-0.05, 0) is 47.2 Å². The Bertz CT molecular complexity index is 960. The number of phenols is 1. The van der Waals surface area contributed by atoms with Gasteiger partial charge in [0.25, 0.3) is 5.91 Å². The highest BCUT2D eigenvalue weighted by molar-refractivity contribution is 6.04. The minimum absolute atomic E-state index is 0.281. The number of amides is 1. The van der Waals surface area contributed by atoms with Crippen LogP contribution in [0.2, 0.25) is 0 Å². The molecule has 1 aromatic heterocycles. The Morgan fingerprint density at radius 1 is 1.20 bits per heavy atom. The van der Waals surface area contributed by atoms with Crippen LogP contribution in [0, 0.1) is 24.4 Å². The molecular weight excluding hydrogens is 339 g/mol. The molecular formula is C15H10F3N5O2. The monoisotopic (exact) mass is 349 g/mol. The van der Waals surface area contributed by atoms with Gasteiger partial charge in [0, 0.05) is 5.69 Å². The Hall–Kier alpha value is -3.43. The molecule has 128 valence electrons. The quantitative estimate of drug-likeness (QED) is 0.708. The summed E-state index contributed by atoms with van der Waals surface area (Å²) in [7, 11) is 0. The Morgan fingerprint density at radius 2 is 1.96 bits per heavy atom. The predicted molar refractivity (Wildman–Crippen MR) is 79.8 cm³/mol. The van der Waals surface area contributed by atoms with Gasteiger partial charge in [-0.3, -0.25) is 4.79 Å². The summed E-state index contributed by atoms with van der Waals surface area (Å²) >= 11 is 0. The highest BCUT2D eigenvalue weighted by atomic mass is 19.2. The van der Waals surface area contributed by atoms with Crippen molar-refractivity contribution in [2.45, 2.75) is 6.92 Å².